The number of carbonyl (C=O) groups is 1. The number of aromatic nitrogens is 4. The highest BCUT2D eigenvalue weighted by molar-refractivity contribution is 6.33. The molecule has 2 saturated heterocycles. The van der Waals surface area contributed by atoms with E-state index in [0.29, 0.717) is 90.8 Å². The number of para-hydroxylation sites is 2. The van der Waals surface area contributed by atoms with Crippen LogP contribution < -0.4 is 4.90 Å². The van der Waals surface area contributed by atoms with Crippen LogP contribution in [-0.2, 0) is 11.2 Å². The van der Waals surface area contributed by atoms with Crippen molar-refractivity contribution >= 4 is 34.4 Å². The minimum absolute atomic E-state index is 0.0355. The molecule has 41 heavy (non-hydrogen) atoms. The largest absolute Gasteiger partial charge is 0.378 e. The quantitative estimate of drug-likeness (QED) is 0.265. The molecule has 0 unspecified atom stereocenters. The Morgan fingerprint density at radius 1 is 1.00 bits per heavy atom. The molecular weight excluding hydrogens is 550 g/mol. The summed E-state index contributed by atoms with van der Waals surface area (Å²) in [6.45, 7) is 3.88. The Morgan fingerprint density at radius 2 is 1.76 bits per heavy atom. The van der Waals surface area contributed by atoms with Gasteiger partial charge in [-0.1, -0.05) is 35.9 Å². The van der Waals surface area contributed by atoms with E-state index in [1.807, 2.05) is 23.1 Å². The van der Waals surface area contributed by atoms with Gasteiger partial charge in [-0.3, -0.25) is 9.36 Å². The summed E-state index contributed by atoms with van der Waals surface area (Å²) in [5.74, 6) is 1.68. The number of benzene rings is 2. The SMILES string of the molecule is O=C(c1ccccc1Cl)N1CC[C@H](CCCc2nc(N3CCOCC3)cc(-n3c(C(F)F)nc4ccccc43)n2)C1. The van der Waals surface area contributed by atoms with Gasteiger partial charge in [0.25, 0.3) is 12.3 Å². The van der Waals surface area contributed by atoms with Gasteiger partial charge in [-0.2, -0.15) is 0 Å². The summed E-state index contributed by atoms with van der Waals surface area (Å²) in [6.07, 6.45) is 0.484. The van der Waals surface area contributed by atoms with Crippen LogP contribution in [0.2, 0.25) is 5.02 Å². The van der Waals surface area contributed by atoms with Gasteiger partial charge in [-0.05, 0) is 49.4 Å². The molecule has 1 atom stereocenters. The average molecular weight is 581 g/mol. The molecule has 1 amide bonds. The Kier molecular flexibility index (Phi) is 8.11. The number of halogens is 3. The van der Waals surface area contributed by atoms with Crippen molar-refractivity contribution < 1.29 is 18.3 Å². The molecule has 2 aromatic heterocycles. The molecule has 4 aromatic rings. The molecule has 0 aliphatic carbocycles. The number of likely N-dealkylation sites (tertiary alicyclic amines) is 1. The zero-order chi connectivity index (χ0) is 28.3. The van der Waals surface area contributed by atoms with E-state index in [1.54, 1.807) is 36.4 Å². The fourth-order valence-corrected chi connectivity index (χ4v) is 5.91. The fourth-order valence-electron chi connectivity index (χ4n) is 5.69. The van der Waals surface area contributed by atoms with Crippen molar-refractivity contribution in [3.8, 4) is 5.82 Å². The molecule has 2 aromatic carbocycles. The predicted octanol–water partition coefficient (Wildman–Crippen LogP) is 5.73. The van der Waals surface area contributed by atoms with E-state index in [0.717, 1.165) is 19.3 Å². The number of anilines is 1. The number of nitrogens with zero attached hydrogens (tertiary/aromatic N) is 6. The molecule has 11 heteroatoms. The Hall–Kier alpha value is -3.63. The molecule has 2 aliphatic rings. The zero-order valence-corrected chi connectivity index (χ0v) is 23.3. The molecule has 8 nitrogen and oxygen atoms in total. The van der Waals surface area contributed by atoms with Gasteiger partial charge in [-0.25, -0.2) is 23.7 Å². The van der Waals surface area contributed by atoms with Crippen molar-refractivity contribution in [2.45, 2.75) is 32.1 Å². The normalized spacial score (nSPS) is 17.6. The van der Waals surface area contributed by atoms with Crippen molar-refractivity contribution in [2.75, 3.05) is 44.3 Å². The summed E-state index contributed by atoms with van der Waals surface area (Å²) >= 11 is 6.24. The number of ether oxygens (including phenoxy) is 1. The number of alkyl halides is 2. The van der Waals surface area contributed by atoms with Gasteiger partial charge in [-0.15, -0.1) is 0 Å². The molecule has 0 N–H and O–H groups in total. The van der Waals surface area contributed by atoms with E-state index >= 15 is 0 Å². The van der Waals surface area contributed by atoms with Crippen LogP contribution in [0.1, 0.15) is 47.7 Å². The zero-order valence-electron chi connectivity index (χ0n) is 22.6. The summed E-state index contributed by atoms with van der Waals surface area (Å²) in [6, 6.07) is 16.0. The Balaban J connectivity index is 1.21. The highest BCUT2D eigenvalue weighted by Crippen LogP contribution is 2.30. The number of aryl methyl sites for hydroxylation is 1. The second kappa shape index (κ2) is 12.1. The smallest absolute Gasteiger partial charge is 0.296 e. The molecule has 0 bridgehead atoms. The van der Waals surface area contributed by atoms with Crippen LogP contribution in [0, 0.1) is 5.92 Å². The van der Waals surface area contributed by atoms with Gasteiger partial charge >= 0.3 is 0 Å². The summed E-state index contributed by atoms with van der Waals surface area (Å²) < 4.78 is 35.2. The first-order valence-electron chi connectivity index (χ1n) is 14.0. The topological polar surface area (TPSA) is 76.4 Å². The van der Waals surface area contributed by atoms with E-state index in [1.165, 1.54) is 4.57 Å². The molecular formula is C30H31ClF2N6O2. The average Bonchev–Trinajstić information content (AvgIpc) is 3.63. The van der Waals surface area contributed by atoms with Crippen molar-refractivity contribution in [2.24, 2.45) is 5.92 Å². The van der Waals surface area contributed by atoms with Crippen molar-refractivity contribution in [3.63, 3.8) is 0 Å². The first kappa shape index (κ1) is 27.5. The number of fused-ring (bicyclic) bond motifs is 1. The lowest BCUT2D eigenvalue weighted by Gasteiger charge is -2.28. The van der Waals surface area contributed by atoms with Gasteiger partial charge in [0.1, 0.15) is 17.5 Å². The van der Waals surface area contributed by atoms with Crippen LogP contribution in [0.25, 0.3) is 16.9 Å². The number of hydrogen-bond donors (Lipinski definition) is 0. The van der Waals surface area contributed by atoms with Crippen LogP contribution in [-0.4, -0.2) is 69.7 Å². The molecule has 4 heterocycles. The van der Waals surface area contributed by atoms with Gasteiger partial charge in [0.05, 0.1) is 34.8 Å². The minimum atomic E-state index is -2.76. The highest BCUT2D eigenvalue weighted by atomic mass is 35.5. The van der Waals surface area contributed by atoms with Gasteiger partial charge in [0.15, 0.2) is 5.82 Å². The van der Waals surface area contributed by atoms with Crippen LogP contribution in [0.15, 0.2) is 54.6 Å². The van der Waals surface area contributed by atoms with E-state index in [2.05, 4.69) is 9.88 Å². The predicted molar refractivity (Wildman–Crippen MR) is 153 cm³/mol. The van der Waals surface area contributed by atoms with Crippen molar-refractivity contribution in [1.82, 2.24) is 24.4 Å². The van der Waals surface area contributed by atoms with Crippen molar-refractivity contribution in [1.29, 1.82) is 0 Å². The standard InChI is InChI=1S/C30H31ClF2N6O2/c31-22-8-2-1-7-21(22)30(40)38-13-12-20(19-38)6-5-11-25-35-26(37-14-16-41-17-15-37)18-27(36-25)39-24-10-4-3-9-23(24)34-29(39)28(32)33/h1-4,7-10,18,20,28H,5-6,11-17,19H2/t20-/m0/s1. The van der Waals surface area contributed by atoms with Crippen molar-refractivity contribution in [3.05, 3.63) is 76.8 Å². The minimum Gasteiger partial charge on any atom is -0.378 e. The summed E-state index contributed by atoms with van der Waals surface area (Å²) in [7, 11) is 0. The Morgan fingerprint density at radius 3 is 2.56 bits per heavy atom. The maximum Gasteiger partial charge on any atom is 0.296 e. The summed E-state index contributed by atoms with van der Waals surface area (Å²) in [5.41, 5.74) is 1.61. The van der Waals surface area contributed by atoms with Gasteiger partial charge in [0, 0.05) is 38.7 Å². The third-order valence-electron chi connectivity index (χ3n) is 7.78. The molecule has 0 radical (unpaired) electrons. The van der Waals surface area contributed by atoms with E-state index in [4.69, 9.17) is 26.3 Å². The first-order chi connectivity index (χ1) is 20.0. The lowest BCUT2D eigenvalue weighted by Crippen LogP contribution is -2.37. The monoisotopic (exact) mass is 580 g/mol. The van der Waals surface area contributed by atoms with E-state index in [-0.39, 0.29) is 11.7 Å². The number of morpholine rings is 1. The third kappa shape index (κ3) is 5.90. The number of amides is 1. The number of rotatable bonds is 8. The summed E-state index contributed by atoms with van der Waals surface area (Å²) in [4.78, 5) is 30.7. The fraction of sp³-hybridized carbons (Fsp3) is 0.400. The van der Waals surface area contributed by atoms with E-state index < -0.39 is 6.43 Å². The van der Waals surface area contributed by atoms with Gasteiger partial charge in [0.2, 0.25) is 0 Å². The maximum atomic E-state index is 14.1. The Bertz CT molecular complexity index is 1540. The van der Waals surface area contributed by atoms with Crippen LogP contribution >= 0.6 is 11.6 Å². The third-order valence-corrected chi connectivity index (χ3v) is 8.11. The number of carbonyl (C=O) groups excluding carboxylic acids is 1. The number of imidazole rings is 1. The molecule has 0 spiro atoms. The van der Waals surface area contributed by atoms with Crippen LogP contribution in [0.5, 0.6) is 0 Å². The molecule has 2 fully saturated rings. The summed E-state index contributed by atoms with van der Waals surface area (Å²) in [5, 5.41) is 0.467. The Labute approximate surface area is 241 Å². The van der Waals surface area contributed by atoms with Gasteiger partial charge < -0.3 is 14.5 Å². The highest BCUT2D eigenvalue weighted by Gasteiger charge is 2.28. The second-order valence-electron chi connectivity index (χ2n) is 10.5. The van der Waals surface area contributed by atoms with E-state index in [9.17, 15) is 13.6 Å². The lowest BCUT2D eigenvalue weighted by molar-refractivity contribution is 0.0786. The molecule has 2 aliphatic heterocycles. The molecule has 214 valence electrons. The van der Waals surface area contributed by atoms with Crippen LogP contribution in [0.4, 0.5) is 14.6 Å². The first-order valence-corrected chi connectivity index (χ1v) is 14.4. The maximum absolute atomic E-state index is 14.1. The number of hydrogen-bond acceptors (Lipinski definition) is 6. The lowest BCUT2D eigenvalue weighted by atomic mass is 10.0. The second-order valence-corrected chi connectivity index (χ2v) is 10.9. The molecule has 6 rings (SSSR count). The van der Waals surface area contributed by atoms with Crippen LogP contribution in [0.3, 0.4) is 0 Å². The molecule has 0 saturated carbocycles.